The SMILES string of the molecule is Fc1ccc(-c2nc(CNCCC3CCC3)cs2)cc1. The lowest BCUT2D eigenvalue weighted by molar-refractivity contribution is 0.292. The molecule has 1 heterocycles. The van der Waals surface area contributed by atoms with E-state index >= 15 is 0 Å². The monoisotopic (exact) mass is 290 g/mol. The van der Waals surface area contributed by atoms with Crippen molar-refractivity contribution in [1.82, 2.24) is 10.3 Å². The van der Waals surface area contributed by atoms with Crippen LogP contribution in [0.5, 0.6) is 0 Å². The third-order valence-corrected chi connectivity index (χ3v) is 4.84. The molecule has 0 radical (unpaired) electrons. The molecular weight excluding hydrogens is 271 g/mol. The summed E-state index contributed by atoms with van der Waals surface area (Å²) < 4.78 is 12.9. The van der Waals surface area contributed by atoms with Crippen LogP contribution in [0, 0.1) is 11.7 Å². The maximum absolute atomic E-state index is 12.9. The molecule has 1 aliphatic carbocycles. The van der Waals surface area contributed by atoms with Crippen LogP contribution in [-0.4, -0.2) is 11.5 Å². The molecular formula is C16H19FN2S. The Morgan fingerprint density at radius 3 is 2.75 bits per heavy atom. The Morgan fingerprint density at radius 1 is 1.25 bits per heavy atom. The maximum atomic E-state index is 12.9. The molecule has 4 heteroatoms. The first kappa shape index (κ1) is 13.7. The van der Waals surface area contributed by atoms with Crippen molar-refractivity contribution < 1.29 is 4.39 Å². The second kappa shape index (κ2) is 6.46. The Kier molecular flexibility index (Phi) is 4.43. The summed E-state index contributed by atoms with van der Waals surface area (Å²) in [5, 5.41) is 6.50. The first-order valence-electron chi connectivity index (χ1n) is 7.22. The molecule has 0 spiro atoms. The van der Waals surface area contributed by atoms with Crippen molar-refractivity contribution in [2.45, 2.75) is 32.2 Å². The minimum Gasteiger partial charge on any atom is -0.311 e. The quantitative estimate of drug-likeness (QED) is 0.805. The molecule has 0 unspecified atom stereocenters. The van der Waals surface area contributed by atoms with Gasteiger partial charge in [0.05, 0.1) is 5.69 Å². The molecule has 1 saturated carbocycles. The molecule has 0 bridgehead atoms. The van der Waals surface area contributed by atoms with E-state index in [-0.39, 0.29) is 5.82 Å². The van der Waals surface area contributed by atoms with Gasteiger partial charge in [-0.1, -0.05) is 19.3 Å². The van der Waals surface area contributed by atoms with Gasteiger partial charge >= 0.3 is 0 Å². The van der Waals surface area contributed by atoms with Crippen LogP contribution < -0.4 is 5.32 Å². The number of benzene rings is 1. The van der Waals surface area contributed by atoms with E-state index < -0.39 is 0 Å². The molecule has 3 rings (SSSR count). The fourth-order valence-corrected chi connectivity index (χ4v) is 3.24. The predicted molar refractivity (Wildman–Crippen MR) is 81.2 cm³/mol. The lowest BCUT2D eigenvalue weighted by Crippen LogP contribution is -2.21. The normalized spacial score (nSPS) is 15.2. The first-order valence-corrected chi connectivity index (χ1v) is 8.10. The van der Waals surface area contributed by atoms with E-state index in [1.807, 2.05) is 0 Å². The van der Waals surface area contributed by atoms with E-state index in [1.54, 1.807) is 23.5 Å². The van der Waals surface area contributed by atoms with Crippen molar-refractivity contribution in [3.8, 4) is 10.6 Å². The summed E-state index contributed by atoms with van der Waals surface area (Å²) in [5.74, 6) is 0.746. The summed E-state index contributed by atoms with van der Waals surface area (Å²) in [6.45, 7) is 1.90. The van der Waals surface area contributed by atoms with Crippen LogP contribution in [0.15, 0.2) is 29.6 Å². The van der Waals surface area contributed by atoms with Crippen LogP contribution in [0.1, 0.15) is 31.4 Å². The van der Waals surface area contributed by atoms with Gasteiger partial charge in [0.25, 0.3) is 0 Å². The third-order valence-electron chi connectivity index (χ3n) is 3.90. The summed E-state index contributed by atoms with van der Waals surface area (Å²) in [4.78, 5) is 4.59. The van der Waals surface area contributed by atoms with Crippen LogP contribution in [0.2, 0.25) is 0 Å². The van der Waals surface area contributed by atoms with Crippen LogP contribution in [0.4, 0.5) is 4.39 Å². The van der Waals surface area contributed by atoms with Crippen LogP contribution in [-0.2, 0) is 6.54 Å². The molecule has 0 atom stereocenters. The molecule has 0 amide bonds. The van der Waals surface area contributed by atoms with E-state index in [9.17, 15) is 4.39 Å². The molecule has 1 aliphatic rings. The zero-order valence-electron chi connectivity index (χ0n) is 11.4. The van der Waals surface area contributed by atoms with Crippen molar-refractivity contribution in [1.29, 1.82) is 0 Å². The predicted octanol–water partition coefficient (Wildman–Crippen LogP) is 4.23. The summed E-state index contributed by atoms with van der Waals surface area (Å²) in [6, 6.07) is 6.52. The van der Waals surface area contributed by atoms with Gasteiger partial charge in [-0.3, -0.25) is 0 Å². The number of hydrogen-bond acceptors (Lipinski definition) is 3. The Hall–Kier alpha value is -1.26. The third kappa shape index (κ3) is 3.44. The molecule has 1 fully saturated rings. The van der Waals surface area contributed by atoms with Crippen molar-refractivity contribution in [3.05, 3.63) is 41.2 Å². The fourth-order valence-electron chi connectivity index (χ4n) is 2.42. The van der Waals surface area contributed by atoms with Crippen molar-refractivity contribution >= 4 is 11.3 Å². The molecule has 0 aliphatic heterocycles. The average Bonchev–Trinajstić information content (AvgIpc) is 2.86. The average molecular weight is 290 g/mol. The summed E-state index contributed by atoms with van der Waals surface area (Å²) in [5.41, 5.74) is 2.06. The Labute approximate surface area is 123 Å². The Bertz CT molecular complexity index is 546. The van der Waals surface area contributed by atoms with Gasteiger partial charge in [-0.05, 0) is 43.1 Å². The van der Waals surface area contributed by atoms with E-state index in [4.69, 9.17) is 0 Å². The van der Waals surface area contributed by atoms with Gasteiger partial charge in [0.2, 0.25) is 0 Å². The first-order chi connectivity index (χ1) is 9.81. The number of rotatable bonds is 6. The summed E-state index contributed by atoms with van der Waals surface area (Å²) >= 11 is 1.61. The van der Waals surface area contributed by atoms with Gasteiger partial charge in [-0.2, -0.15) is 0 Å². The molecule has 2 nitrogen and oxygen atoms in total. The highest BCUT2D eigenvalue weighted by Gasteiger charge is 2.16. The molecule has 20 heavy (non-hydrogen) atoms. The standard InChI is InChI=1S/C16H19FN2S/c17-14-6-4-13(5-7-14)16-19-15(11-20-16)10-18-9-8-12-2-1-3-12/h4-7,11-12,18H,1-3,8-10H2. The highest BCUT2D eigenvalue weighted by Crippen LogP contribution is 2.28. The Balaban J connectivity index is 1.49. The zero-order chi connectivity index (χ0) is 13.8. The topological polar surface area (TPSA) is 24.9 Å². The summed E-state index contributed by atoms with van der Waals surface area (Å²) in [6.07, 6.45) is 5.52. The minimum absolute atomic E-state index is 0.205. The van der Waals surface area contributed by atoms with Crippen molar-refractivity contribution in [2.75, 3.05) is 6.54 Å². The second-order valence-corrected chi connectivity index (χ2v) is 6.27. The molecule has 1 aromatic carbocycles. The fraction of sp³-hybridized carbons (Fsp3) is 0.438. The lowest BCUT2D eigenvalue weighted by atomic mass is 9.83. The van der Waals surface area contributed by atoms with Gasteiger partial charge in [0.15, 0.2) is 0 Å². The van der Waals surface area contributed by atoms with Gasteiger partial charge in [-0.25, -0.2) is 9.37 Å². The number of nitrogens with one attached hydrogen (secondary N) is 1. The lowest BCUT2D eigenvalue weighted by Gasteiger charge is -2.25. The molecule has 1 aromatic heterocycles. The number of halogens is 1. The highest BCUT2D eigenvalue weighted by molar-refractivity contribution is 7.13. The Morgan fingerprint density at radius 2 is 2.05 bits per heavy atom. The minimum atomic E-state index is -0.205. The highest BCUT2D eigenvalue weighted by atomic mass is 32.1. The second-order valence-electron chi connectivity index (χ2n) is 5.41. The van der Waals surface area contributed by atoms with Crippen molar-refractivity contribution in [2.24, 2.45) is 5.92 Å². The molecule has 0 saturated heterocycles. The van der Waals surface area contributed by atoms with E-state index in [0.29, 0.717) is 0 Å². The van der Waals surface area contributed by atoms with E-state index in [1.165, 1.54) is 37.8 Å². The smallest absolute Gasteiger partial charge is 0.123 e. The number of nitrogens with zero attached hydrogens (tertiary/aromatic N) is 1. The van der Waals surface area contributed by atoms with Gasteiger partial charge in [-0.15, -0.1) is 11.3 Å². The van der Waals surface area contributed by atoms with E-state index in [2.05, 4.69) is 15.7 Å². The molecule has 1 N–H and O–H groups in total. The molecule has 106 valence electrons. The largest absolute Gasteiger partial charge is 0.311 e. The number of thiazole rings is 1. The molecule has 2 aromatic rings. The van der Waals surface area contributed by atoms with Gasteiger partial charge in [0.1, 0.15) is 10.8 Å². The maximum Gasteiger partial charge on any atom is 0.123 e. The van der Waals surface area contributed by atoms with Crippen LogP contribution in [0.25, 0.3) is 10.6 Å². The van der Waals surface area contributed by atoms with Gasteiger partial charge in [0, 0.05) is 17.5 Å². The summed E-state index contributed by atoms with van der Waals surface area (Å²) in [7, 11) is 0. The number of aromatic nitrogens is 1. The number of hydrogen-bond donors (Lipinski definition) is 1. The van der Waals surface area contributed by atoms with Crippen LogP contribution in [0.3, 0.4) is 0 Å². The van der Waals surface area contributed by atoms with Crippen LogP contribution >= 0.6 is 11.3 Å². The van der Waals surface area contributed by atoms with Gasteiger partial charge < -0.3 is 5.32 Å². The van der Waals surface area contributed by atoms with E-state index in [0.717, 1.165) is 35.3 Å². The van der Waals surface area contributed by atoms with Crippen molar-refractivity contribution in [3.63, 3.8) is 0 Å². The zero-order valence-corrected chi connectivity index (χ0v) is 12.3.